The van der Waals surface area contributed by atoms with E-state index in [1.165, 1.54) is 12.1 Å². The maximum Gasteiger partial charge on any atom is 0.422 e. The topological polar surface area (TPSA) is 67.7 Å². The Morgan fingerprint density at radius 3 is 2.48 bits per heavy atom. The second-order valence-corrected chi connectivity index (χ2v) is 6.61. The van der Waals surface area contributed by atoms with Crippen LogP contribution in [0.25, 0.3) is 0 Å². The molecule has 2 aromatic rings. The fourth-order valence-corrected chi connectivity index (χ4v) is 2.63. The second-order valence-electron chi connectivity index (χ2n) is 6.61. The first-order valence-corrected chi connectivity index (χ1v) is 9.83. The molecule has 2 rings (SSSR count). The first kappa shape index (κ1) is 26.8. The zero-order chi connectivity index (χ0) is 21.8. The van der Waals surface area contributed by atoms with Crippen LogP contribution in [-0.2, 0) is 13.1 Å². The van der Waals surface area contributed by atoms with Crippen molar-refractivity contribution in [3.8, 4) is 5.75 Å². The monoisotopic (exact) mass is 552 g/mol. The summed E-state index contributed by atoms with van der Waals surface area (Å²) >= 11 is 0. The van der Waals surface area contributed by atoms with Crippen molar-refractivity contribution in [1.82, 2.24) is 15.2 Å². The number of guanidine groups is 1. The van der Waals surface area contributed by atoms with Gasteiger partial charge >= 0.3 is 6.18 Å². The van der Waals surface area contributed by atoms with Gasteiger partial charge in [0.1, 0.15) is 5.75 Å². The van der Waals surface area contributed by atoms with Gasteiger partial charge in [0.15, 0.2) is 12.6 Å². The normalized spacial score (nSPS) is 11.5. The van der Waals surface area contributed by atoms with Gasteiger partial charge in [0.05, 0.1) is 6.54 Å². The van der Waals surface area contributed by atoms with Crippen LogP contribution < -0.4 is 20.9 Å². The Labute approximate surface area is 196 Å². The van der Waals surface area contributed by atoms with E-state index < -0.39 is 12.8 Å². The lowest BCUT2D eigenvalue weighted by Gasteiger charge is -2.12. The lowest BCUT2D eigenvalue weighted by atomic mass is 10.2. The van der Waals surface area contributed by atoms with Crippen LogP contribution in [0.4, 0.5) is 13.2 Å². The van der Waals surface area contributed by atoms with Crippen molar-refractivity contribution in [2.75, 3.05) is 19.7 Å². The van der Waals surface area contributed by atoms with Gasteiger partial charge in [0.2, 0.25) is 5.56 Å². The van der Waals surface area contributed by atoms with Gasteiger partial charge in [-0.15, -0.1) is 24.0 Å². The van der Waals surface area contributed by atoms with E-state index in [1.807, 2.05) is 13.0 Å². The van der Waals surface area contributed by atoms with E-state index in [0.717, 1.165) is 18.4 Å². The molecule has 1 aromatic heterocycles. The molecule has 31 heavy (non-hydrogen) atoms. The largest absolute Gasteiger partial charge is 0.484 e. The number of nitrogens with zero attached hydrogens (tertiary/aromatic N) is 2. The first-order valence-electron chi connectivity index (χ1n) is 9.83. The fraction of sp³-hybridized carbons (Fsp3) is 0.429. The van der Waals surface area contributed by atoms with Crippen LogP contribution in [0, 0.1) is 0 Å². The number of aryl methyl sites for hydroxylation is 1. The molecule has 0 aliphatic heterocycles. The number of ether oxygens (including phenoxy) is 1. The van der Waals surface area contributed by atoms with Gasteiger partial charge < -0.3 is 19.9 Å². The molecule has 1 aromatic carbocycles. The minimum absolute atomic E-state index is 0. The summed E-state index contributed by atoms with van der Waals surface area (Å²) in [7, 11) is 0. The predicted molar refractivity (Wildman–Crippen MR) is 126 cm³/mol. The molecule has 0 saturated heterocycles. The summed E-state index contributed by atoms with van der Waals surface area (Å²) in [5, 5.41) is 6.39. The smallest absolute Gasteiger partial charge is 0.422 e. The highest BCUT2D eigenvalue weighted by Gasteiger charge is 2.28. The number of unbranched alkanes of at least 4 members (excludes halogenated alkanes) is 1. The van der Waals surface area contributed by atoms with Crippen molar-refractivity contribution in [3.05, 3.63) is 64.6 Å². The molecule has 1 heterocycles. The van der Waals surface area contributed by atoms with Crippen molar-refractivity contribution in [3.63, 3.8) is 0 Å². The van der Waals surface area contributed by atoms with E-state index in [4.69, 9.17) is 4.74 Å². The average molecular weight is 552 g/mol. The summed E-state index contributed by atoms with van der Waals surface area (Å²) in [6.07, 6.45) is -0.847. The van der Waals surface area contributed by atoms with Crippen LogP contribution >= 0.6 is 24.0 Å². The molecule has 0 saturated carbocycles. The number of nitrogens with one attached hydrogen (secondary N) is 2. The molecule has 0 unspecified atom stereocenters. The van der Waals surface area contributed by atoms with Gasteiger partial charge in [-0.25, -0.2) is 4.99 Å². The van der Waals surface area contributed by atoms with Gasteiger partial charge in [0, 0.05) is 31.9 Å². The Morgan fingerprint density at radius 1 is 1.10 bits per heavy atom. The molecular formula is C21H28F3IN4O2. The highest BCUT2D eigenvalue weighted by atomic mass is 127. The SMILES string of the molecule is CCNC(=NCc1ccc(OCC(F)(F)F)cc1)NCCCCn1ccccc1=O.I. The number of pyridine rings is 1. The number of hydrogen-bond donors (Lipinski definition) is 2. The number of alkyl halides is 3. The summed E-state index contributed by atoms with van der Waals surface area (Å²) in [5.41, 5.74) is 0.852. The number of benzene rings is 1. The highest BCUT2D eigenvalue weighted by Crippen LogP contribution is 2.19. The summed E-state index contributed by atoms with van der Waals surface area (Å²) in [6.45, 7) is 3.11. The summed E-state index contributed by atoms with van der Waals surface area (Å²) in [5.74, 6) is 0.828. The molecule has 0 aliphatic rings. The van der Waals surface area contributed by atoms with Crippen LogP contribution in [-0.4, -0.2) is 36.4 Å². The van der Waals surface area contributed by atoms with Crippen LogP contribution in [0.2, 0.25) is 0 Å². The van der Waals surface area contributed by atoms with Crippen molar-refractivity contribution in [1.29, 1.82) is 0 Å². The van der Waals surface area contributed by atoms with E-state index in [9.17, 15) is 18.0 Å². The van der Waals surface area contributed by atoms with Gasteiger partial charge in [-0.3, -0.25) is 4.79 Å². The van der Waals surface area contributed by atoms with Crippen LogP contribution in [0.3, 0.4) is 0 Å². The van der Waals surface area contributed by atoms with Crippen molar-refractivity contribution < 1.29 is 17.9 Å². The quantitative estimate of drug-likeness (QED) is 0.203. The molecule has 0 fully saturated rings. The summed E-state index contributed by atoms with van der Waals surface area (Å²) in [4.78, 5) is 16.1. The van der Waals surface area contributed by atoms with E-state index in [2.05, 4.69) is 15.6 Å². The minimum atomic E-state index is -4.35. The van der Waals surface area contributed by atoms with Crippen LogP contribution in [0.15, 0.2) is 58.4 Å². The predicted octanol–water partition coefficient (Wildman–Crippen LogP) is 3.94. The molecule has 10 heteroatoms. The number of aromatic nitrogens is 1. The van der Waals surface area contributed by atoms with Crippen LogP contribution in [0.5, 0.6) is 5.75 Å². The molecule has 6 nitrogen and oxygen atoms in total. The first-order chi connectivity index (χ1) is 14.4. The molecule has 0 atom stereocenters. The second kappa shape index (κ2) is 13.9. The molecular weight excluding hydrogens is 524 g/mol. The number of hydrogen-bond acceptors (Lipinski definition) is 3. The zero-order valence-electron chi connectivity index (χ0n) is 17.3. The Morgan fingerprint density at radius 2 is 1.84 bits per heavy atom. The van der Waals surface area contributed by atoms with E-state index in [0.29, 0.717) is 32.1 Å². The third-order valence-corrected chi connectivity index (χ3v) is 4.11. The van der Waals surface area contributed by atoms with Gasteiger partial charge in [-0.2, -0.15) is 13.2 Å². The van der Waals surface area contributed by atoms with Gasteiger partial charge in [0.25, 0.3) is 0 Å². The molecule has 0 amide bonds. The molecule has 0 bridgehead atoms. The molecule has 2 N–H and O–H groups in total. The van der Waals surface area contributed by atoms with E-state index >= 15 is 0 Å². The number of rotatable bonds is 10. The minimum Gasteiger partial charge on any atom is -0.484 e. The van der Waals surface area contributed by atoms with Crippen molar-refractivity contribution in [2.24, 2.45) is 4.99 Å². The molecule has 0 radical (unpaired) electrons. The fourth-order valence-electron chi connectivity index (χ4n) is 2.63. The van der Waals surface area contributed by atoms with Crippen LogP contribution in [0.1, 0.15) is 25.3 Å². The lowest BCUT2D eigenvalue weighted by Crippen LogP contribution is -2.37. The third-order valence-electron chi connectivity index (χ3n) is 4.11. The van der Waals surface area contributed by atoms with Crippen molar-refractivity contribution in [2.45, 2.75) is 39.0 Å². The third kappa shape index (κ3) is 11.1. The summed E-state index contributed by atoms with van der Waals surface area (Å²) < 4.78 is 42.9. The Hall–Kier alpha value is -2.24. The Bertz CT molecular complexity index is 855. The maximum absolute atomic E-state index is 12.2. The zero-order valence-corrected chi connectivity index (χ0v) is 19.7. The Balaban J connectivity index is 0.00000480. The highest BCUT2D eigenvalue weighted by molar-refractivity contribution is 14.0. The maximum atomic E-state index is 12.2. The Kier molecular flexibility index (Phi) is 12.1. The van der Waals surface area contributed by atoms with E-state index in [1.54, 1.807) is 35.0 Å². The number of aliphatic imine (C=N–C) groups is 1. The van der Waals surface area contributed by atoms with E-state index in [-0.39, 0.29) is 35.3 Å². The van der Waals surface area contributed by atoms with Gasteiger partial charge in [-0.1, -0.05) is 18.2 Å². The van der Waals surface area contributed by atoms with Gasteiger partial charge in [-0.05, 0) is 43.5 Å². The molecule has 0 aliphatic carbocycles. The number of halogens is 4. The lowest BCUT2D eigenvalue weighted by molar-refractivity contribution is -0.153. The van der Waals surface area contributed by atoms with Crippen molar-refractivity contribution >= 4 is 29.9 Å². The average Bonchev–Trinajstić information content (AvgIpc) is 2.71. The molecule has 172 valence electrons. The summed E-state index contributed by atoms with van der Waals surface area (Å²) in [6, 6.07) is 11.5. The molecule has 0 spiro atoms. The standard InChI is InChI=1S/C21H27F3N4O2.HI/c1-2-25-20(26-12-4-6-14-28-13-5-3-7-19(28)29)27-15-17-8-10-18(11-9-17)30-16-21(22,23)24;/h3,5,7-11,13H,2,4,6,12,14-16H2,1H3,(H2,25,26,27);1H.